The fraction of sp³-hybridized carbons (Fsp3) is 0.533. The highest BCUT2D eigenvalue weighted by molar-refractivity contribution is 7.99. The number of aliphatic hydroxyl groups is 1. The zero-order valence-corrected chi connectivity index (χ0v) is 13.0. The van der Waals surface area contributed by atoms with Gasteiger partial charge in [-0.05, 0) is 31.7 Å². The molecule has 0 saturated heterocycles. The second-order valence-corrected chi connectivity index (χ2v) is 6.38. The summed E-state index contributed by atoms with van der Waals surface area (Å²) in [5.41, 5.74) is -0.326. The van der Waals surface area contributed by atoms with Crippen LogP contribution in [0.4, 0.5) is 0 Å². The second kappa shape index (κ2) is 7.67. The van der Waals surface area contributed by atoms with E-state index < -0.39 is 17.6 Å². The molecule has 20 heavy (non-hydrogen) atoms. The molecule has 1 aromatic rings. The molecular weight excluding hydrogens is 274 g/mol. The number of nitrogens with one attached hydrogen (secondary N) is 1. The number of thioether (sulfide) groups is 1. The van der Waals surface area contributed by atoms with Crippen LogP contribution in [0.1, 0.15) is 25.8 Å². The summed E-state index contributed by atoms with van der Waals surface area (Å²) in [5, 5.41) is 22.2. The van der Waals surface area contributed by atoms with E-state index in [9.17, 15) is 15.0 Å². The van der Waals surface area contributed by atoms with Crippen LogP contribution >= 0.6 is 11.8 Å². The number of aliphatic carboxylic acids is 1. The molecular formula is C15H23NO3S. The maximum absolute atomic E-state index is 11.7. The Kier molecular flexibility index (Phi) is 6.52. The Morgan fingerprint density at radius 2 is 1.95 bits per heavy atom. The van der Waals surface area contributed by atoms with Crippen LogP contribution < -0.4 is 5.32 Å². The molecule has 0 saturated carbocycles. The Morgan fingerprint density at radius 1 is 1.35 bits per heavy atom. The molecule has 3 atom stereocenters. The van der Waals surface area contributed by atoms with E-state index in [0.29, 0.717) is 12.2 Å². The number of carbonyl (C=O) groups is 1. The molecule has 3 N–H and O–H groups in total. The highest BCUT2D eigenvalue weighted by Gasteiger charge is 2.38. The molecule has 0 aliphatic carbocycles. The molecule has 0 heterocycles. The minimum Gasteiger partial charge on any atom is -0.480 e. The molecule has 0 amide bonds. The molecule has 4 nitrogen and oxygen atoms in total. The number of aliphatic hydroxyl groups excluding tert-OH is 1. The van der Waals surface area contributed by atoms with Gasteiger partial charge in [0, 0.05) is 5.25 Å². The number of hydrogen-bond acceptors (Lipinski definition) is 4. The van der Waals surface area contributed by atoms with Crippen LogP contribution in [0.3, 0.4) is 0 Å². The normalized spacial score (nSPS) is 17.2. The fourth-order valence-corrected chi connectivity index (χ4v) is 3.09. The van der Waals surface area contributed by atoms with Crippen molar-refractivity contribution in [2.24, 2.45) is 0 Å². The molecule has 0 aliphatic rings. The minimum absolute atomic E-state index is 0.0918. The van der Waals surface area contributed by atoms with Crippen molar-refractivity contribution in [2.45, 2.75) is 37.2 Å². The van der Waals surface area contributed by atoms with Crippen molar-refractivity contribution >= 4 is 17.7 Å². The summed E-state index contributed by atoms with van der Waals surface area (Å²) in [4.78, 5) is 11.7. The van der Waals surface area contributed by atoms with Gasteiger partial charge in [0.15, 0.2) is 0 Å². The summed E-state index contributed by atoms with van der Waals surface area (Å²) in [6, 6.07) is 9.21. The fourth-order valence-electron chi connectivity index (χ4n) is 2.01. The van der Waals surface area contributed by atoms with Crippen molar-refractivity contribution in [1.29, 1.82) is 0 Å². The standard InChI is InChI=1S/C15H23NO3S/c1-11(17)12(2)20-10-9-15(16-3,14(18)19)13-7-5-4-6-8-13/h4-8,11-12,16-17H,9-10H2,1-3H3,(H,18,19). The van der Waals surface area contributed by atoms with Gasteiger partial charge in [0.25, 0.3) is 0 Å². The van der Waals surface area contributed by atoms with Gasteiger partial charge in [-0.15, -0.1) is 0 Å². The first-order valence-electron chi connectivity index (χ1n) is 6.71. The third kappa shape index (κ3) is 3.98. The molecule has 3 unspecified atom stereocenters. The largest absolute Gasteiger partial charge is 0.480 e. The minimum atomic E-state index is -1.08. The third-order valence-corrected chi connectivity index (χ3v) is 4.96. The van der Waals surface area contributed by atoms with Gasteiger partial charge >= 0.3 is 5.97 Å². The lowest BCUT2D eigenvalue weighted by Gasteiger charge is -2.30. The first-order chi connectivity index (χ1) is 9.44. The second-order valence-electron chi connectivity index (χ2n) is 4.89. The topological polar surface area (TPSA) is 69.6 Å². The van der Waals surface area contributed by atoms with Gasteiger partial charge in [0.1, 0.15) is 5.54 Å². The highest BCUT2D eigenvalue weighted by atomic mass is 32.2. The van der Waals surface area contributed by atoms with Crippen molar-refractivity contribution in [3.63, 3.8) is 0 Å². The van der Waals surface area contributed by atoms with E-state index in [-0.39, 0.29) is 5.25 Å². The molecule has 1 rings (SSSR count). The lowest BCUT2D eigenvalue weighted by Crippen LogP contribution is -2.48. The number of rotatable bonds is 8. The van der Waals surface area contributed by atoms with E-state index in [4.69, 9.17) is 0 Å². The van der Waals surface area contributed by atoms with Crippen LogP contribution in [0.15, 0.2) is 30.3 Å². The van der Waals surface area contributed by atoms with Crippen LogP contribution in [-0.4, -0.2) is 40.3 Å². The molecule has 0 spiro atoms. The average Bonchev–Trinajstić information content (AvgIpc) is 2.44. The number of likely N-dealkylation sites (N-methyl/N-ethyl adjacent to an activating group) is 1. The molecule has 0 radical (unpaired) electrons. The average molecular weight is 297 g/mol. The van der Waals surface area contributed by atoms with Crippen LogP contribution in [0.5, 0.6) is 0 Å². The zero-order valence-electron chi connectivity index (χ0n) is 12.2. The molecule has 1 aromatic carbocycles. The number of carboxylic acids is 1. The maximum Gasteiger partial charge on any atom is 0.328 e. The first-order valence-corrected chi connectivity index (χ1v) is 7.76. The van der Waals surface area contributed by atoms with Gasteiger partial charge in [0.2, 0.25) is 0 Å². The van der Waals surface area contributed by atoms with Gasteiger partial charge in [0.05, 0.1) is 6.10 Å². The lowest BCUT2D eigenvalue weighted by atomic mass is 9.87. The van der Waals surface area contributed by atoms with Gasteiger partial charge in [-0.25, -0.2) is 4.79 Å². The Morgan fingerprint density at radius 3 is 2.40 bits per heavy atom. The Labute approximate surface area is 124 Å². The van der Waals surface area contributed by atoms with E-state index >= 15 is 0 Å². The monoisotopic (exact) mass is 297 g/mol. The molecule has 0 fully saturated rings. The van der Waals surface area contributed by atoms with Gasteiger partial charge in [-0.3, -0.25) is 0 Å². The van der Waals surface area contributed by atoms with Crippen LogP contribution in [-0.2, 0) is 10.3 Å². The Balaban J connectivity index is 2.83. The van der Waals surface area contributed by atoms with Crippen LogP contribution in [0, 0.1) is 0 Å². The summed E-state index contributed by atoms with van der Waals surface area (Å²) in [5.74, 6) is -0.217. The summed E-state index contributed by atoms with van der Waals surface area (Å²) >= 11 is 1.59. The summed E-state index contributed by atoms with van der Waals surface area (Å²) < 4.78 is 0. The quantitative estimate of drug-likeness (QED) is 0.685. The summed E-state index contributed by atoms with van der Waals surface area (Å²) in [6.45, 7) is 3.69. The highest BCUT2D eigenvalue weighted by Crippen LogP contribution is 2.28. The van der Waals surface area contributed by atoms with Crippen LogP contribution in [0.25, 0.3) is 0 Å². The van der Waals surface area contributed by atoms with Gasteiger partial charge in [-0.2, -0.15) is 11.8 Å². The predicted octanol–water partition coefficient (Wildman–Crippen LogP) is 2.08. The van der Waals surface area contributed by atoms with Crippen molar-refractivity contribution in [2.75, 3.05) is 12.8 Å². The SMILES string of the molecule is CNC(CCSC(C)C(C)O)(C(=O)O)c1ccccc1. The molecule has 112 valence electrons. The van der Waals surface area contributed by atoms with Gasteiger partial charge < -0.3 is 15.5 Å². The molecule has 5 heteroatoms. The Bertz CT molecular complexity index is 424. The van der Waals surface area contributed by atoms with Gasteiger partial charge in [-0.1, -0.05) is 37.3 Å². The third-order valence-electron chi connectivity index (χ3n) is 3.60. The first kappa shape index (κ1) is 17.0. The Hall–Kier alpha value is -1.04. The van der Waals surface area contributed by atoms with E-state index in [1.54, 1.807) is 25.7 Å². The van der Waals surface area contributed by atoms with E-state index in [1.165, 1.54) is 0 Å². The van der Waals surface area contributed by atoms with E-state index in [2.05, 4.69) is 5.32 Å². The van der Waals surface area contributed by atoms with Crippen molar-refractivity contribution in [3.8, 4) is 0 Å². The van der Waals surface area contributed by atoms with Crippen LogP contribution in [0.2, 0.25) is 0 Å². The lowest BCUT2D eigenvalue weighted by molar-refractivity contribution is -0.145. The smallest absolute Gasteiger partial charge is 0.328 e. The summed E-state index contributed by atoms with van der Waals surface area (Å²) in [6.07, 6.45) is 0.0652. The zero-order chi connectivity index (χ0) is 15.2. The number of hydrogen-bond donors (Lipinski definition) is 3. The number of carboxylic acid groups (broad SMARTS) is 1. The molecule has 0 bridgehead atoms. The predicted molar refractivity (Wildman–Crippen MR) is 83.0 cm³/mol. The summed E-state index contributed by atoms with van der Waals surface area (Å²) in [7, 11) is 1.67. The maximum atomic E-state index is 11.7. The van der Waals surface area contributed by atoms with E-state index in [1.807, 2.05) is 37.3 Å². The van der Waals surface area contributed by atoms with Crippen molar-refractivity contribution in [3.05, 3.63) is 35.9 Å². The number of benzene rings is 1. The van der Waals surface area contributed by atoms with E-state index in [0.717, 1.165) is 5.56 Å². The van der Waals surface area contributed by atoms with Crippen molar-refractivity contribution < 1.29 is 15.0 Å². The van der Waals surface area contributed by atoms with Crippen molar-refractivity contribution in [1.82, 2.24) is 5.32 Å². The molecule has 0 aromatic heterocycles. The molecule has 0 aliphatic heterocycles.